The summed E-state index contributed by atoms with van der Waals surface area (Å²) >= 11 is 0. The Balaban J connectivity index is 1.38. The van der Waals surface area contributed by atoms with Gasteiger partial charge in [-0.15, -0.1) is 0 Å². The molecular formula is C25H16N2O4. The summed E-state index contributed by atoms with van der Waals surface area (Å²) in [6, 6.07) is 22.2. The number of hydrogen-bond donors (Lipinski definition) is 0. The van der Waals surface area contributed by atoms with Crippen LogP contribution < -0.4 is 4.74 Å². The molecule has 0 radical (unpaired) electrons. The minimum Gasteiger partial charge on any atom is -0.487 e. The Hall–Kier alpha value is -4.32. The number of fused-ring (bicyclic) bond motifs is 1. The van der Waals surface area contributed by atoms with E-state index in [1.807, 2.05) is 36.4 Å². The molecular weight excluding hydrogens is 392 g/mol. The number of esters is 2. The number of carbonyl (C=O) groups excluding carboxylic acids is 2. The maximum Gasteiger partial charge on any atom is 0.347 e. The lowest BCUT2D eigenvalue weighted by Gasteiger charge is -2.08. The van der Waals surface area contributed by atoms with Gasteiger partial charge in [-0.25, -0.2) is 14.6 Å². The molecule has 0 amide bonds. The second-order valence-electron chi connectivity index (χ2n) is 6.97. The molecule has 0 saturated carbocycles. The summed E-state index contributed by atoms with van der Waals surface area (Å²) in [4.78, 5) is 33.1. The molecule has 6 heteroatoms. The number of nitrogens with zero attached hydrogens (tertiary/aromatic N) is 2. The first-order valence-electron chi connectivity index (χ1n) is 9.68. The lowest BCUT2D eigenvalue weighted by molar-refractivity contribution is -0.149. The number of ether oxygens (including phenoxy) is 2. The number of cyclic esters (lactones) is 2. The molecule has 1 aliphatic rings. The molecule has 0 atom stereocenters. The van der Waals surface area contributed by atoms with Crippen LogP contribution in [0.1, 0.15) is 16.8 Å². The quantitative estimate of drug-likeness (QED) is 0.364. The molecule has 0 fully saturated rings. The summed E-state index contributed by atoms with van der Waals surface area (Å²) < 4.78 is 10.7. The van der Waals surface area contributed by atoms with Crippen molar-refractivity contribution in [3.8, 4) is 5.75 Å². The van der Waals surface area contributed by atoms with E-state index in [2.05, 4.69) is 9.97 Å². The van der Waals surface area contributed by atoms with Gasteiger partial charge < -0.3 is 9.47 Å². The van der Waals surface area contributed by atoms with Crippen molar-refractivity contribution in [1.29, 1.82) is 0 Å². The van der Waals surface area contributed by atoms with E-state index in [4.69, 9.17) is 9.47 Å². The molecule has 0 spiro atoms. The van der Waals surface area contributed by atoms with E-state index in [0.29, 0.717) is 23.5 Å². The third-order valence-corrected chi connectivity index (χ3v) is 5.00. The van der Waals surface area contributed by atoms with E-state index < -0.39 is 11.9 Å². The number of pyridine rings is 2. The van der Waals surface area contributed by atoms with Crippen LogP contribution in [0.15, 0.2) is 85.2 Å². The Morgan fingerprint density at radius 3 is 2.16 bits per heavy atom. The smallest absolute Gasteiger partial charge is 0.347 e. The standard InChI is InChI=1S/C25H16N2O4/c28-24-22(23(25(29)31-24)18-11-13-26-14-12-18)17-6-9-20(10-7-17)30-15-19-8-5-16-3-1-2-4-21(16)27-19/h1-14H,15H2. The third kappa shape index (κ3) is 3.67. The number of hydrogen-bond acceptors (Lipinski definition) is 6. The molecule has 5 rings (SSSR count). The minimum absolute atomic E-state index is 0.235. The van der Waals surface area contributed by atoms with Crippen molar-refractivity contribution >= 4 is 34.0 Å². The molecule has 0 bridgehead atoms. The highest BCUT2D eigenvalue weighted by atomic mass is 16.6. The SMILES string of the molecule is O=C1OC(=O)C(c2ccc(OCc3ccc4ccccc4n3)cc2)=C1c1ccncc1. The average molecular weight is 408 g/mol. The van der Waals surface area contributed by atoms with Gasteiger partial charge in [-0.1, -0.05) is 36.4 Å². The van der Waals surface area contributed by atoms with Gasteiger partial charge in [0.15, 0.2) is 0 Å². The molecule has 0 saturated heterocycles. The summed E-state index contributed by atoms with van der Waals surface area (Å²) in [6.07, 6.45) is 3.13. The highest BCUT2D eigenvalue weighted by Crippen LogP contribution is 2.34. The molecule has 4 aromatic rings. The lowest BCUT2D eigenvalue weighted by atomic mass is 9.97. The van der Waals surface area contributed by atoms with Crippen LogP contribution in [-0.2, 0) is 20.9 Å². The normalized spacial score (nSPS) is 13.5. The fraction of sp³-hybridized carbons (Fsp3) is 0.0400. The minimum atomic E-state index is -0.661. The van der Waals surface area contributed by atoms with Crippen LogP contribution in [0.3, 0.4) is 0 Å². The van der Waals surface area contributed by atoms with E-state index in [-0.39, 0.29) is 11.1 Å². The zero-order valence-corrected chi connectivity index (χ0v) is 16.3. The third-order valence-electron chi connectivity index (χ3n) is 5.00. The summed E-state index contributed by atoms with van der Waals surface area (Å²) in [5.74, 6) is -0.692. The number of aromatic nitrogens is 2. The molecule has 2 aromatic carbocycles. The molecule has 0 unspecified atom stereocenters. The van der Waals surface area contributed by atoms with Gasteiger partial charge in [0, 0.05) is 17.8 Å². The van der Waals surface area contributed by atoms with Crippen molar-refractivity contribution in [2.45, 2.75) is 6.61 Å². The predicted octanol–water partition coefficient (Wildman–Crippen LogP) is 4.20. The van der Waals surface area contributed by atoms with E-state index >= 15 is 0 Å². The summed E-state index contributed by atoms with van der Waals surface area (Å²) in [5.41, 5.74) is 3.37. The van der Waals surface area contributed by atoms with Crippen LogP contribution in [0, 0.1) is 0 Å². The van der Waals surface area contributed by atoms with Crippen LogP contribution in [0.2, 0.25) is 0 Å². The maximum absolute atomic E-state index is 12.3. The number of carbonyl (C=O) groups is 2. The fourth-order valence-corrected chi connectivity index (χ4v) is 3.50. The Morgan fingerprint density at radius 2 is 1.42 bits per heavy atom. The van der Waals surface area contributed by atoms with Crippen molar-refractivity contribution in [3.63, 3.8) is 0 Å². The van der Waals surface area contributed by atoms with Gasteiger partial charge in [-0.05, 0) is 47.5 Å². The van der Waals surface area contributed by atoms with Crippen molar-refractivity contribution in [3.05, 3.63) is 102 Å². The average Bonchev–Trinajstić information content (AvgIpc) is 3.12. The van der Waals surface area contributed by atoms with Gasteiger partial charge in [0.05, 0.1) is 22.4 Å². The van der Waals surface area contributed by atoms with Gasteiger partial charge in [0.25, 0.3) is 0 Å². The topological polar surface area (TPSA) is 78.4 Å². The molecule has 6 nitrogen and oxygen atoms in total. The van der Waals surface area contributed by atoms with Crippen LogP contribution in [0.5, 0.6) is 5.75 Å². The Labute approximate surface area is 177 Å². The molecule has 0 aliphatic carbocycles. The van der Waals surface area contributed by atoms with Crippen LogP contribution in [0.25, 0.3) is 22.0 Å². The molecule has 31 heavy (non-hydrogen) atoms. The van der Waals surface area contributed by atoms with Crippen LogP contribution in [-0.4, -0.2) is 21.9 Å². The molecule has 150 valence electrons. The first-order valence-corrected chi connectivity index (χ1v) is 9.68. The molecule has 3 heterocycles. The van der Waals surface area contributed by atoms with Crippen molar-refractivity contribution in [2.24, 2.45) is 0 Å². The van der Waals surface area contributed by atoms with E-state index in [0.717, 1.165) is 16.6 Å². The van der Waals surface area contributed by atoms with Gasteiger partial charge in [-0.3, -0.25) is 4.98 Å². The van der Waals surface area contributed by atoms with Crippen LogP contribution in [0.4, 0.5) is 0 Å². The second kappa shape index (κ2) is 7.84. The summed E-state index contributed by atoms with van der Waals surface area (Å²) in [6.45, 7) is 0.315. The number of para-hydroxylation sites is 1. The summed E-state index contributed by atoms with van der Waals surface area (Å²) in [5, 5.41) is 1.08. The van der Waals surface area contributed by atoms with Crippen LogP contribution >= 0.6 is 0 Å². The van der Waals surface area contributed by atoms with Gasteiger partial charge in [0.1, 0.15) is 12.4 Å². The van der Waals surface area contributed by atoms with E-state index in [1.165, 1.54) is 0 Å². The summed E-state index contributed by atoms with van der Waals surface area (Å²) in [7, 11) is 0. The Kier molecular flexibility index (Phi) is 4.72. The highest BCUT2D eigenvalue weighted by molar-refractivity contribution is 6.44. The zero-order valence-electron chi connectivity index (χ0n) is 16.3. The van der Waals surface area contributed by atoms with Crippen molar-refractivity contribution in [1.82, 2.24) is 9.97 Å². The first kappa shape index (κ1) is 18.7. The lowest BCUT2D eigenvalue weighted by Crippen LogP contribution is -2.02. The Bertz CT molecular complexity index is 1330. The second-order valence-corrected chi connectivity index (χ2v) is 6.97. The van der Waals surface area contributed by atoms with Crippen molar-refractivity contribution < 1.29 is 19.1 Å². The molecule has 2 aromatic heterocycles. The van der Waals surface area contributed by atoms with Gasteiger partial charge in [-0.2, -0.15) is 0 Å². The zero-order chi connectivity index (χ0) is 21.2. The van der Waals surface area contributed by atoms with E-state index in [9.17, 15) is 9.59 Å². The Morgan fingerprint density at radius 1 is 0.742 bits per heavy atom. The van der Waals surface area contributed by atoms with Gasteiger partial charge >= 0.3 is 11.9 Å². The van der Waals surface area contributed by atoms with Gasteiger partial charge in [0.2, 0.25) is 0 Å². The monoisotopic (exact) mass is 408 g/mol. The number of benzene rings is 2. The fourth-order valence-electron chi connectivity index (χ4n) is 3.50. The van der Waals surface area contributed by atoms with Crippen molar-refractivity contribution in [2.75, 3.05) is 0 Å². The number of rotatable bonds is 5. The maximum atomic E-state index is 12.3. The highest BCUT2D eigenvalue weighted by Gasteiger charge is 2.34. The van der Waals surface area contributed by atoms with E-state index in [1.54, 1.807) is 48.8 Å². The predicted molar refractivity (Wildman–Crippen MR) is 115 cm³/mol. The molecule has 1 aliphatic heterocycles. The first-order chi connectivity index (χ1) is 15.2. The largest absolute Gasteiger partial charge is 0.487 e. The molecule has 0 N–H and O–H groups in total.